The molecule has 0 saturated heterocycles. The van der Waals surface area contributed by atoms with Crippen LogP contribution >= 0.6 is 0 Å². The monoisotopic (exact) mass is 221 g/mol. The summed E-state index contributed by atoms with van der Waals surface area (Å²) >= 11 is 0. The van der Waals surface area contributed by atoms with Crippen molar-refractivity contribution < 1.29 is 0 Å². The molecule has 1 fully saturated rings. The molecule has 3 nitrogen and oxygen atoms in total. The van der Waals surface area contributed by atoms with Crippen molar-refractivity contribution in [2.45, 2.75) is 45.1 Å². The number of nitrogens with zero attached hydrogens (tertiary/aromatic N) is 2. The minimum atomic E-state index is 0.138. The molecule has 1 aliphatic carbocycles. The third-order valence-corrected chi connectivity index (χ3v) is 4.04. The maximum absolute atomic E-state index is 6.29. The second-order valence-corrected chi connectivity index (χ2v) is 5.18. The van der Waals surface area contributed by atoms with Gasteiger partial charge in [-0.15, -0.1) is 0 Å². The van der Waals surface area contributed by atoms with Gasteiger partial charge in [0.2, 0.25) is 0 Å². The fraction of sp³-hybridized carbons (Fsp3) is 0.769. The Balaban J connectivity index is 1.93. The Morgan fingerprint density at radius 3 is 2.62 bits per heavy atom. The van der Waals surface area contributed by atoms with Crippen LogP contribution in [-0.2, 0) is 7.05 Å². The summed E-state index contributed by atoms with van der Waals surface area (Å²) in [7, 11) is 2.00. The van der Waals surface area contributed by atoms with E-state index in [4.69, 9.17) is 5.73 Å². The van der Waals surface area contributed by atoms with E-state index in [0.717, 1.165) is 11.6 Å². The van der Waals surface area contributed by atoms with Crippen LogP contribution in [0.2, 0.25) is 0 Å². The Labute approximate surface area is 98.1 Å². The van der Waals surface area contributed by atoms with Crippen LogP contribution in [0.1, 0.15) is 50.8 Å². The van der Waals surface area contributed by atoms with Gasteiger partial charge in [0.05, 0.1) is 18.1 Å². The normalized spacial score (nSPS) is 27.9. The summed E-state index contributed by atoms with van der Waals surface area (Å²) in [6.07, 6.45) is 10.5. The number of aryl methyl sites for hydroxylation is 1. The van der Waals surface area contributed by atoms with Crippen molar-refractivity contribution in [2.75, 3.05) is 0 Å². The van der Waals surface area contributed by atoms with Crippen molar-refractivity contribution in [3.63, 3.8) is 0 Å². The SMILES string of the molecule is CCC1CCC(C(N)c2cn(C)cn2)CC1. The van der Waals surface area contributed by atoms with Crippen LogP contribution in [0.4, 0.5) is 0 Å². The topological polar surface area (TPSA) is 43.8 Å². The Morgan fingerprint density at radius 2 is 2.12 bits per heavy atom. The Hall–Kier alpha value is -0.830. The van der Waals surface area contributed by atoms with Gasteiger partial charge in [-0.1, -0.05) is 26.2 Å². The molecule has 0 radical (unpaired) electrons. The van der Waals surface area contributed by atoms with E-state index in [0.29, 0.717) is 5.92 Å². The van der Waals surface area contributed by atoms with E-state index in [-0.39, 0.29) is 6.04 Å². The molecule has 0 aromatic carbocycles. The van der Waals surface area contributed by atoms with Crippen molar-refractivity contribution in [2.24, 2.45) is 24.6 Å². The van der Waals surface area contributed by atoms with E-state index in [1.165, 1.54) is 32.1 Å². The van der Waals surface area contributed by atoms with Crippen molar-refractivity contribution in [1.82, 2.24) is 9.55 Å². The average Bonchev–Trinajstić information content (AvgIpc) is 2.75. The maximum atomic E-state index is 6.29. The quantitative estimate of drug-likeness (QED) is 0.852. The zero-order valence-corrected chi connectivity index (χ0v) is 10.4. The Kier molecular flexibility index (Phi) is 3.64. The molecule has 1 aromatic rings. The molecule has 0 aliphatic heterocycles. The lowest BCUT2D eigenvalue weighted by atomic mass is 9.77. The fourth-order valence-electron chi connectivity index (χ4n) is 2.80. The zero-order chi connectivity index (χ0) is 11.5. The molecule has 90 valence electrons. The molecule has 1 aromatic heterocycles. The van der Waals surface area contributed by atoms with Crippen molar-refractivity contribution in [3.8, 4) is 0 Å². The largest absolute Gasteiger partial charge is 0.340 e. The minimum absolute atomic E-state index is 0.138. The van der Waals surface area contributed by atoms with Gasteiger partial charge in [-0.25, -0.2) is 4.98 Å². The van der Waals surface area contributed by atoms with Crippen LogP contribution < -0.4 is 5.73 Å². The molecule has 1 aliphatic rings. The van der Waals surface area contributed by atoms with Crippen LogP contribution in [0.5, 0.6) is 0 Å². The number of hydrogen-bond donors (Lipinski definition) is 1. The highest BCUT2D eigenvalue weighted by Crippen LogP contribution is 2.36. The summed E-state index contributed by atoms with van der Waals surface area (Å²) < 4.78 is 1.98. The molecular weight excluding hydrogens is 198 g/mol. The first-order valence-electron chi connectivity index (χ1n) is 6.44. The zero-order valence-electron chi connectivity index (χ0n) is 10.4. The van der Waals surface area contributed by atoms with Crippen LogP contribution in [-0.4, -0.2) is 9.55 Å². The Morgan fingerprint density at radius 1 is 1.44 bits per heavy atom. The second-order valence-electron chi connectivity index (χ2n) is 5.18. The number of aromatic nitrogens is 2. The molecule has 2 rings (SSSR count). The van der Waals surface area contributed by atoms with Crippen molar-refractivity contribution >= 4 is 0 Å². The fourth-order valence-corrected chi connectivity index (χ4v) is 2.80. The summed E-state index contributed by atoms with van der Waals surface area (Å²) in [6.45, 7) is 2.30. The third-order valence-electron chi connectivity index (χ3n) is 4.04. The molecule has 16 heavy (non-hydrogen) atoms. The van der Waals surface area contributed by atoms with Crippen LogP contribution in [0.25, 0.3) is 0 Å². The van der Waals surface area contributed by atoms with Gasteiger partial charge in [0.1, 0.15) is 0 Å². The molecule has 1 saturated carbocycles. The van der Waals surface area contributed by atoms with Crippen molar-refractivity contribution in [1.29, 1.82) is 0 Å². The van der Waals surface area contributed by atoms with Gasteiger partial charge in [-0.2, -0.15) is 0 Å². The summed E-state index contributed by atoms with van der Waals surface area (Å²) in [5.74, 6) is 1.57. The summed E-state index contributed by atoms with van der Waals surface area (Å²) in [4.78, 5) is 4.37. The predicted molar refractivity (Wildman–Crippen MR) is 65.9 cm³/mol. The minimum Gasteiger partial charge on any atom is -0.340 e. The highest BCUT2D eigenvalue weighted by molar-refractivity contribution is 5.04. The summed E-state index contributed by atoms with van der Waals surface area (Å²) in [6, 6.07) is 0.138. The summed E-state index contributed by atoms with van der Waals surface area (Å²) in [5, 5.41) is 0. The van der Waals surface area contributed by atoms with Gasteiger partial charge in [-0.3, -0.25) is 0 Å². The van der Waals surface area contributed by atoms with E-state index in [1.54, 1.807) is 0 Å². The second kappa shape index (κ2) is 5.00. The molecule has 1 atom stereocenters. The molecule has 3 heteroatoms. The van der Waals surface area contributed by atoms with Crippen LogP contribution in [0.3, 0.4) is 0 Å². The first kappa shape index (κ1) is 11.6. The Bertz CT molecular complexity index is 324. The molecule has 2 N–H and O–H groups in total. The van der Waals surface area contributed by atoms with E-state index in [2.05, 4.69) is 18.1 Å². The number of rotatable bonds is 3. The highest BCUT2D eigenvalue weighted by Gasteiger charge is 2.26. The smallest absolute Gasteiger partial charge is 0.0947 e. The lowest BCUT2D eigenvalue weighted by Crippen LogP contribution is -2.26. The first-order valence-corrected chi connectivity index (χ1v) is 6.44. The average molecular weight is 221 g/mol. The van der Waals surface area contributed by atoms with E-state index in [1.807, 2.05) is 17.9 Å². The van der Waals surface area contributed by atoms with Gasteiger partial charge in [0, 0.05) is 13.2 Å². The number of nitrogens with two attached hydrogens (primary N) is 1. The lowest BCUT2D eigenvalue weighted by Gasteiger charge is -2.30. The maximum Gasteiger partial charge on any atom is 0.0947 e. The number of imidazole rings is 1. The van der Waals surface area contributed by atoms with Crippen LogP contribution in [0.15, 0.2) is 12.5 Å². The lowest BCUT2D eigenvalue weighted by molar-refractivity contribution is 0.238. The molecule has 0 bridgehead atoms. The van der Waals surface area contributed by atoms with Gasteiger partial charge in [-0.05, 0) is 24.7 Å². The van der Waals surface area contributed by atoms with E-state index >= 15 is 0 Å². The standard InChI is InChI=1S/C13H23N3/c1-3-10-4-6-11(7-5-10)13(14)12-8-16(2)9-15-12/h8-11,13H,3-7,14H2,1-2H3. The van der Waals surface area contributed by atoms with Gasteiger partial charge >= 0.3 is 0 Å². The first-order chi connectivity index (χ1) is 7.70. The predicted octanol–water partition coefficient (Wildman–Crippen LogP) is 2.64. The molecule has 1 heterocycles. The number of hydrogen-bond acceptors (Lipinski definition) is 2. The van der Waals surface area contributed by atoms with E-state index < -0.39 is 0 Å². The van der Waals surface area contributed by atoms with Crippen molar-refractivity contribution in [3.05, 3.63) is 18.2 Å². The molecule has 0 spiro atoms. The van der Waals surface area contributed by atoms with Crippen LogP contribution in [0, 0.1) is 11.8 Å². The molecule has 1 unspecified atom stereocenters. The van der Waals surface area contributed by atoms with E-state index in [9.17, 15) is 0 Å². The van der Waals surface area contributed by atoms with Gasteiger partial charge in [0.15, 0.2) is 0 Å². The highest BCUT2D eigenvalue weighted by atomic mass is 15.0. The van der Waals surface area contributed by atoms with Gasteiger partial charge in [0.25, 0.3) is 0 Å². The molecule has 0 amide bonds. The summed E-state index contributed by atoms with van der Waals surface area (Å²) in [5.41, 5.74) is 7.35. The molecular formula is C13H23N3. The van der Waals surface area contributed by atoms with Gasteiger partial charge < -0.3 is 10.3 Å². The third kappa shape index (κ3) is 2.46.